The molecule has 0 amide bonds. The predicted molar refractivity (Wildman–Crippen MR) is 112 cm³/mol. The zero-order chi connectivity index (χ0) is 20.5. The monoisotopic (exact) mass is 412 g/mol. The minimum atomic E-state index is 0.340. The van der Waals surface area contributed by atoms with Gasteiger partial charge in [0.15, 0.2) is 11.5 Å². The molecule has 0 aliphatic rings. The van der Waals surface area contributed by atoms with Crippen LogP contribution in [0.4, 0.5) is 0 Å². The second-order valence-electron chi connectivity index (χ2n) is 5.94. The number of methoxy groups -OCH3 is 1. The highest BCUT2D eigenvalue weighted by molar-refractivity contribution is 6.30. The predicted octanol–water partition coefficient (Wildman–Crippen LogP) is 4.01. The van der Waals surface area contributed by atoms with Crippen LogP contribution in [0, 0.1) is 0 Å². The third kappa shape index (κ3) is 5.83. The van der Waals surface area contributed by atoms with Gasteiger partial charge in [0.05, 0.1) is 13.3 Å². The Morgan fingerprint density at radius 2 is 1.76 bits per heavy atom. The fourth-order valence-corrected chi connectivity index (χ4v) is 2.74. The Labute approximate surface area is 174 Å². The molecule has 0 spiro atoms. The molecule has 1 heterocycles. The van der Waals surface area contributed by atoms with Crippen molar-refractivity contribution in [2.45, 2.75) is 6.42 Å². The number of rotatable bonds is 10. The van der Waals surface area contributed by atoms with Crippen LogP contribution in [-0.2, 0) is 6.42 Å². The molecule has 3 aromatic rings. The average Bonchev–Trinajstić information content (AvgIpc) is 3.25. The Bertz CT molecular complexity index is 974. The quantitative estimate of drug-likeness (QED) is 0.286. The zero-order valence-corrected chi connectivity index (χ0v) is 16.7. The van der Waals surface area contributed by atoms with E-state index in [2.05, 4.69) is 21.9 Å². The lowest BCUT2D eigenvalue weighted by molar-refractivity contribution is 0.211. The van der Waals surface area contributed by atoms with Crippen LogP contribution in [0.25, 0.3) is 0 Å². The Morgan fingerprint density at radius 1 is 1.03 bits per heavy atom. The molecule has 29 heavy (non-hydrogen) atoms. The van der Waals surface area contributed by atoms with E-state index >= 15 is 0 Å². The van der Waals surface area contributed by atoms with E-state index in [0.29, 0.717) is 35.5 Å². The van der Waals surface area contributed by atoms with Crippen molar-refractivity contribution in [3.8, 4) is 17.2 Å². The van der Waals surface area contributed by atoms with E-state index in [1.165, 1.54) is 17.3 Å². The number of ether oxygens (including phenoxy) is 3. The second-order valence-corrected chi connectivity index (χ2v) is 6.38. The lowest BCUT2D eigenvalue weighted by Crippen LogP contribution is -2.10. The van der Waals surface area contributed by atoms with Crippen molar-refractivity contribution in [1.29, 1.82) is 0 Å². The zero-order valence-electron chi connectivity index (χ0n) is 16.0. The number of aromatic nitrogens is 3. The van der Waals surface area contributed by atoms with E-state index in [9.17, 15) is 0 Å². The summed E-state index contributed by atoms with van der Waals surface area (Å²) in [5.41, 5.74) is 1.84. The molecule has 8 heteroatoms. The summed E-state index contributed by atoms with van der Waals surface area (Å²) in [5, 5.41) is 12.2. The van der Waals surface area contributed by atoms with E-state index in [-0.39, 0.29) is 0 Å². The summed E-state index contributed by atoms with van der Waals surface area (Å²) in [4.78, 5) is 0. The van der Waals surface area contributed by atoms with Gasteiger partial charge < -0.3 is 14.2 Å². The average molecular weight is 413 g/mol. The van der Waals surface area contributed by atoms with Gasteiger partial charge in [-0.05, 0) is 42.3 Å². The Hall–Kier alpha value is -3.32. The van der Waals surface area contributed by atoms with Crippen molar-refractivity contribution in [3.63, 3.8) is 0 Å². The minimum absolute atomic E-state index is 0.340. The van der Waals surface area contributed by atoms with Crippen LogP contribution in [0.1, 0.15) is 11.1 Å². The summed E-state index contributed by atoms with van der Waals surface area (Å²) in [6, 6.07) is 11.1. The van der Waals surface area contributed by atoms with Crippen LogP contribution in [0.3, 0.4) is 0 Å². The largest absolute Gasteiger partial charge is 0.493 e. The first kappa shape index (κ1) is 20.4. The van der Waals surface area contributed by atoms with Crippen molar-refractivity contribution in [1.82, 2.24) is 14.9 Å². The number of halogens is 1. The summed E-state index contributed by atoms with van der Waals surface area (Å²) >= 11 is 6.09. The smallest absolute Gasteiger partial charge is 0.161 e. The third-order valence-electron chi connectivity index (χ3n) is 3.92. The van der Waals surface area contributed by atoms with Gasteiger partial charge in [0.25, 0.3) is 0 Å². The van der Waals surface area contributed by atoms with Crippen molar-refractivity contribution >= 4 is 17.8 Å². The van der Waals surface area contributed by atoms with Gasteiger partial charge in [-0.1, -0.05) is 23.7 Å². The maximum Gasteiger partial charge on any atom is 0.161 e. The molecule has 0 aliphatic carbocycles. The fourth-order valence-electron chi connectivity index (χ4n) is 2.56. The molecule has 2 aromatic carbocycles. The minimum Gasteiger partial charge on any atom is -0.493 e. The summed E-state index contributed by atoms with van der Waals surface area (Å²) in [6.07, 6.45) is 7.23. The van der Waals surface area contributed by atoms with Crippen molar-refractivity contribution in [2.75, 3.05) is 20.3 Å². The van der Waals surface area contributed by atoms with E-state index in [4.69, 9.17) is 25.8 Å². The van der Waals surface area contributed by atoms with E-state index in [1.807, 2.05) is 24.3 Å². The van der Waals surface area contributed by atoms with Crippen LogP contribution in [0.2, 0.25) is 5.02 Å². The normalized spacial score (nSPS) is 10.8. The highest BCUT2D eigenvalue weighted by Gasteiger charge is 2.07. The number of allylic oxidation sites excluding steroid dienone is 1. The lowest BCUT2D eigenvalue weighted by Gasteiger charge is -2.13. The molecule has 0 radical (unpaired) electrons. The molecule has 3 rings (SSSR count). The van der Waals surface area contributed by atoms with Gasteiger partial charge in [-0.25, -0.2) is 4.68 Å². The van der Waals surface area contributed by atoms with E-state index in [1.54, 1.807) is 31.5 Å². The lowest BCUT2D eigenvalue weighted by atomic mass is 10.1. The maximum atomic E-state index is 6.09. The van der Waals surface area contributed by atoms with Crippen LogP contribution in [-0.4, -0.2) is 41.4 Å². The summed E-state index contributed by atoms with van der Waals surface area (Å²) in [7, 11) is 1.62. The summed E-state index contributed by atoms with van der Waals surface area (Å²) < 4.78 is 18.5. The third-order valence-corrected chi connectivity index (χ3v) is 4.15. The molecule has 0 aliphatic heterocycles. The van der Waals surface area contributed by atoms with Gasteiger partial charge in [-0.15, -0.1) is 16.8 Å². The van der Waals surface area contributed by atoms with Crippen LogP contribution >= 0.6 is 11.6 Å². The molecule has 0 atom stereocenters. The molecule has 1 aromatic heterocycles. The molecule has 150 valence electrons. The highest BCUT2D eigenvalue weighted by Crippen LogP contribution is 2.28. The van der Waals surface area contributed by atoms with Gasteiger partial charge in [-0.2, -0.15) is 5.10 Å². The fraction of sp³-hybridized carbons (Fsp3) is 0.190. The van der Waals surface area contributed by atoms with Crippen LogP contribution in [0.15, 0.2) is 66.8 Å². The topological polar surface area (TPSA) is 70.8 Å². The summed E-state index contributed by atoms with van der Waals surface area (Å²) in [6.45, 7) is 4.44. The second kappa shape index (κ2) is 10.3. The number of hydrogen-bond donors (Lipinski definition) is 0. The summed E-state index contributed by atoms with van der Waals surface area (Å²) in [5.74, 6) is 1.98. The Kier molecular flexibility index (Phi) is 7.24. The molecule has 7 nitrogen and oxygen atoms in total. The van der Waals surface area contributed by atoms with Crippen molar-refractivity contribution in [2.24, 2.45) is 5.10 Å². The SMILES string of the molecule is C=CCc1ccc(OCCOc2ccc(Cl)cc2/C=N/n2cnnc2)c(OC)c1. The molecule has 0 N–H and O–H groups in total. The van der Waals surface area contributed by atoms with Gasteiger partial charge in [0.2, 0.25) is 0 Å². The first-order valence-electron chi connectivity index (χ1n) is 8.91. The Balaban J connectivity index is 1.60. The van der Waals surface area contributed by atoms with Gasteiger partial charge in [-0.3, -0.25) is 0 Å². The van der Waals surface area contributed by atoms with E-state index in [0.717, 1.165) is 17.5 Å². The van der Waals surface area contributed by atoms with Crippen molar-refractivity contribution < 1.29 is 14.2 Å². The molecule has 0 bridgehead atoms. The maximum absolute atomic E-state index is 6.09. The standard InChI is InChI=1S/C21H21ClN4O3/c1-3-4-16-5-7-20(21(11-16)27-2)29-10-9-28-19-8-6-18(22)12-17(19)13-25-26-14-23-24-15-26/h3,5-8,11-15H,1,4,9-10H2,2H3/b25-13+. The molecular formula is C21H21ClN4O3. The number of nitrogens with zero attached hydrogens (tertiary/aromatic N) is 4. The van der Waals surface area contributed by atoms with Crippen molar-refractivity contribution in [3.05, 3.63) is 77.9 Å². The molecule has 0 fully saturated rings. The van der Waals surface area contributed by atoms with Crippen LogP contribution < -0.4 is 14.2 Å². The Morgan fingerprint density at radius 3 is 2.48 bits per heavy atom. The van der Waals surface area contributed by atoms with Gasteiger partial charge in [0, 0.05) is 10.6 Å². The first-order valence-corrected chi connectivity index (χ1v) is 9.29. The van der Waals surface area contributed by atoms with Crippen LogP contribution in [0.5, 0.6) is 17.2 Å². The van der Waals surface area contributed by atoms with Gasteiger partial charge >= 0.3 is 0 Å². The molecular weight excluding hydrogens is 392 g/mol. The molecule has 0 unspecified atom stereocenters. The number of benzene rings is 2. The molecule has 0 saturated carbocycles. The number of hydrogen-bond acceptors (Lipinski definition) is 6. The first-order chi connectivity index (χ1) is 14.2. The molecule has 0 saturated heterocycles. The highest BCUT2D eigenvalue weighted by atomic mass is 35.5. The van der Waals surface area contributed by atoms with Gasteiger partial charge in [0.1, 0.15) is 31.6 Å². The van der Waals surface area contributed by atoms with E-state index < -0.39 is 0 Å².